The lowest BCUT2D eigenvalue weighted by atomic mass is 10.1. The average molecular weight is 391 g/mol. The van der Waals surface area contributed by atoms with E-state index in [9.17, 15) is 9.59 Å². The Labute approximate surface area is 167 Å². The summed E-state index contributed by atoms with van der Waals surface area (Å²) in [5.41, 5.74) is 3.82. The van der Waals surface area contributed by atoms with E-state index in [2.05, 4.69) is 30.7 Å². The maximum Gasteiger partial charge on any atom is 0.258 e. The Morgan fingerprint density at radius 2 is 1.96 bits per heavy atom. The highest BCUT2D eigenvalue weighted by molar-refractivity contribution is 7.18. The minimum absolute atomic E-state index is 0.0966. The van der Waals surface area contributed by atoms with Gasteiger partial charge in [-0.2, -0.15) is 0 Å². The van der Waals surface area contributed by atoms with Crippen LogP contribution in [0.1, 0.15) is 47.1 Å². The number of carbonyl (C=O) groups excluding carboxylic acids is 2. The second-order valence-electron chi connectivity index (χ2n) is 7.14. The molecular weight excluding hydrogens is 370 g/mol. The van der Waals surface area contributed by atoms with Gasteiger partial charge in [0.15, 0.2) is 0 Å². The van der Waals surface area contributed by atoms with Gasteiger partial charge in [-0.25, -0.2) is 4.98 Å². The van der Waals surface area contributed by atoms with Crippen LogP contribution < -0.4 is 5.32 Å². The zero-order valence-electron chi connectivity index (χ0n) is 15.9. The Morgan fingerprint density at radius 1 is 1.21 bits per heavy atom. The molecular formula is C22H21N3O2S. The molecule has 0 unspecified atom stereocenters. The van der Waals surface area contributed by atoms with Crippen molar-refractivity contribution >= 4 is 44.8 Å². The molecule has 0 atom stereocenters. The Balaban J connectivity index is 1.41. The van der Waals surface area contributed by atoms with Crippen LogP contribution in [0.5, 0.6) is 0 Å². The zero-order chi connectivity index (χ0) is 19.8. The van der Waals surface area contributed by atoms with Crippen molar-refractivity contribution in [3.63, 3.8) is 0 Å². The fraction of sp³-hybridized carbons (Fsp3) is 0.227. The minimum atomic E-state index is -0.135. The molecule has 0 spiro atoms. The van der Waals surface area contributed by atoms with Crippen molar-refractivity contribution < 1.29 is 9.59 Å². The van der Waals surface area contributed by atoms with Gasteiger partial charge < -0.3 is 10.2 Å². The molecule has 0 aliphatic carbocycles. The number of fused-ring (bicyclic) bond motifs is 2. The number of nitrogens with one attached hydrogen (secondary N) is 1. The summed E-state index contributed by atoms with van der Waals surface area (Å²) in [5, 5.41) is 4.01. The number of thiazole rings is 1. The number of anilines is 1. The highest BCUT2D eigenvalue weighted by atomic mass is 32.1. The minimum Gasteiger partial charge on any atom is -0.326 e. The normalized spacial score (nSPS) is 13.5. The lowest BCUT2D eigenvalue weighted by Gasteiger charge is -2.17. The number of amides is 2. The summed E-state index contributed by atoms with van der Waals surface area (Å²) in [4.78, 5) is 31.1. The lowest BCUT2D eigenvalue weighted by molar-refractivity contribution is -0.116. The predicted octanol–water partition coefficient (Wildman–Crippen LogP) is 4.88. The van der Waals surface area contributed by atoms with Gasteiger partial charge in [-0.1, -0.05) is 38.6 Å². The van der Waals surface area contributed by atoms with Gasteiger partial charge in [0.05, 0.1) is 15.2 Å². The summed E-state index contributed by atoms with van der Waals surface area (Å²) in [7, 11) is 0. The number of carbonyl (C=O) groups is 2. The first-order valence-electron chi connectivity index (χ1n) is 9.24. The first-order chi connectivity index (χ1) is 13.4. The third kappa shape index (κ3) is 3.31. The first-order valence-corrected chi connectivity index (χ1v) is 10.1. The zero-order valence-corrected chi connectivity index (χ0v) is 16.7. The summed E-state index contributed by atoms with van der Waals surface area (Å²) in [6.45, 7) is 8.55. The predicted molar refractivity (Wildman–Crippen MR) is 113 cm³/mol. The van der Waals surface area contributed by atoms with E-state index in [-0.39, 0.29) is 18.2 Å². The van der Waals surface area contributed by atoms with E-state index < -0.39 is 0 Å². The third-order valence-electron chi connectivity index (χ3n) is 4.78. The first kappa shape index (κ1) is 18.4. The van der Waals surface area contributed by atoms with E-state index in [0.29, 0.717) is 23.7 Å². The Hall–Kier alpha value is -2.99. The highest BCUT2D eigenvalue weighted by Crippen LogP contribution is 2.31. The summed E-state index contributed by atoms with van der Waals surface area (Å²) in [6, 6.07) is 13.1. The maximum atomic E-state index is 12.5. The molecule has 2 heterocycles. The van der Waals surface area contributed by atoms with Crippen LogP contribution in [0.2, 0.25) is 0 Å². The number of aromatic nitrogens is 1. The Morgan fingerprint density at radius 3 is 2.68 bits per heavy atom. The number of rotatable bonds is 5. The van der Waals surface area contributed by atoms with Gasteiger partial charge in [0.25, 0.3) is 5.91 Å². The van der Waals surface area contributed by atoms with Gasteiger partial charge in [-0.15, -0.1) is 11.3 Å². The van der Waals surface area contributed by atoms with E-state index in [1.54, 1.807) is 22.3 Å². The summed E-state index contributed by atoms with van der Waals surface area (Å²) >= 11 is 1.65. The van der Waals surface area contributed by atoms with Crippen molar-refractivity contribution in [2.45, 2.75) is 26.2 Å². The molecule has 5 nitrogen and oxygen atoms in total. The van der Waals surface area contributed by atoms with Crippen molar-refractivity contribution in [1.29, 1.82) is 0 Å². The molecule has 1 N–H and O–H groups in total. The molecule has 0 fully saturated rings. The fourth-order valence-corrected chi connectivity index (χ4v) is 4.28. The van der Waals surface area contributed by atoms with E-state index in [1.165, 1.54) is 0 Å². The number of nitrogens with zero attached hydrogens (tertiary/aromatic N) is 2. The van der Waals surface area contributed by atoms with Crippen molar-refractivity contribution in [2.75, 3.05) is 11.9 Å². The van der Waals surface area contributed by atoms with Gasteiger partial charge in [0.1, 0.15) is 0 Å². The van der Waals surface area contributed by atoms with Crippen LogP contribution in [0.15, 0.2) is 49.0 Å². The number of benzene rings is 2. The molecule has 4 rings (SSSR count). The van der Waals surface area contributed by atoms with Crippen molar-refractivity contribution in [2.24, 2.45) is 0 Å². The standard InChI is InChI=1S/C22H21N3O2S/c1-13(2)21-24-18-9-8-15(12-19(18)28-21)23-20(26)10-11-25-14(3)16-6-4-5-7-17(16)22(25)27/h4-9,12-13H,3,10-11H2,1-2H3,(H,23,26). The molecule has 2 amide bonds. The van der Waals surface area contributed by atoms with Gasteiger partial charge in [-0.3, -0.25) is 9.59 Å². The molecule has 0 radical (unpaired) electrons. The molecule has 28 heavy (non-hydrogen) atoms. The molecule has 1 aliphatic rings. The summed E-state index contributed by atoms with van der Waals surface area (Å²) in [6.07, 6.45) is 0.205. The topological polar surface area (TPSA) is 62.3 Å². The molecule has 1 aromatic heterocycles. The largest absolute Gasteiger partial charge is 0.326 e. The second-order valence-corrected chi connectivity index (χ2v) is 8.20. The van der Waals surface area contributed by atoms with Crippen molar-refractivity contribution in [3.05, 3.63) is 65.2 Å². The van der Waals surface area contributed by atoms with Crippen LogP contribution in [-0.4, -0.2) is 28.2 Å². The van der Waals surface area contributed by atoms with Gasteiger partial charge in [0, 0.05) is 41.4 Å². The van der Waals surface area contributed by atoms with E-state index in [0.717, 1.165) is 26.5 Å². The second kappa shape index (κ2) is 7.20. The smallest absolute Gasteiger partial charge is 0.258 e. The monoisotopic (exact) mass is 391 g/mol. The quantitative estimate of drug-likeness (QED) is 0.675. The van der Waals surface area contributed by atoms with Crippen LogP contribution >= 0.6 is 11.3 Å². The van der Waals surface area contributed by atoms with Crippen molar-refractivity contribution in [1.82, 2.24) is 9.88 Å². The maximum absolute atomic E-state index is 12.5. The molecule has 2 aromatic carbocycles. The van der Waals surface area contributed by atoms with E-state index in [4.69, 9.17) is 0 Å². The van der Waals surface area contributed by atoms with Crippen molar-refractivity contribution in [3.8, 4) is 0 Å². The number of hydrogen-bond donors (Lipinski definition) is 1. The molecule has 0 bridgehead atoms. The van der Waals surface area contributed by atoms with E-state index >= 15 is 0 Å². The van der Waals surface area contributed by atoms with E-state index in [1.807, 2.05) is 36.4 Å². The molecule has 142 valence electrons. The van der Waals surface area contributed by atoms with Gasteiger partial charge >= 0.3 is 0 Å². The lowest BCUT2D eigenvalue weighted by Crippen LogP contribution is -2.27. The molecule has 1 aliphatic heterocycles. The third-order valence-corrected chi connectivity index (χ3v) is 6.10. The summed E-state index contributed by atoms with van der Waals surface area (Å²) < 4.78 is 1.06. The SMILES string of the molecule is C=C1c2ccccc2C(=O)N1CCC(=O)Nc1ccc2nc(C(C)C)sc2c1. The van der Waals surface area contributed by atoms with Crippen LogP contribution in [-0.2, 0) is 4.79 Å². The number of hydrogen-bond acceptors (Lipinski definition) is 4. The van der Waals surface area contributed by atoms with Gasteiger partial charge in [0.2, 0.25) is 5.91 Å². The average Bonchev–Trinajstić information content (AvgIpc) is 3.20. The van der Waals surface area contributed by atoms with Crippen LogP contribution in [0.3, 0.4) is 0 Å². The fourth-order valence-electron chi connectivity index (χ4n) is 3.28. The molecule has 6 heteroatoms. The van der Waals surface area contributed by atoms with Crippen LogP contribution in [0.25, 0.3) is 15.9 Å². The van der Waals surface area contributed by atoms with Crippen LogP contribution in [0.4, 0.5) is 5.69 Å². The summed E-state index contributed by atoms with van der Waals surface area (Å²) in [5.74, 6) is 0.149. The Bertz CT molecular complexity index is 1070. The molecule has 3 aromatic rings. The Kier molecular flexibility index (Phi) is 4.73. The van der Waals surface area contributed by atoms with Crippen LogP contribution in [0, 0.1) is 0 Å². The molecule has 0 saturated carbocycles. The van der Waals surface area contributed by atoms with Gasteiger partial charge in [-0.05, 0) is 24.3 Å². The highest BCUT2D eigenvalue weighted by Gasteiger charge is 2.30. The molecule has 0 saturated heterocycles.